The standard InChI is InChI=1S/C17H24N2O4/c1-4-19-15(20)11-14(17(21)18-9-10-22-2)16(19)12-5-7-13(23-3)8-6-12/h5-8,14,16H,4,9-11H2,1-3H3,(H,18,21)/t14-,16+/m1/s1. The zero-order valence-electron chi connectivity index (χ0n) is 13.9. The summed E-state index contributed by atoms with van der Waals surface area (Å²) in [7, 11) is 3.20. The highest BCUT2D eigenvalue weighted by Crippen LogP contribution is 2.38. The Morgan fingerprint density at radius 2 is 2.00 bits per heavy atom. The van der Waals surface area contributed by atoms with Crippen LogP contribution in [0.1, 0.15) is 24.9 Å². The monoisotopic (exact) mass is 320 g/mol. The first-order valence-corrected chi connectivity index (χ1v) is 7.82. The van der Waals surface area contributed by atoms with Gasteiger partial charge in [0, 0.05) is 26.6 Å². The predicted molar refractivity (Wildman–Crippen MR) is 86.1 cm³/mol. The van der Waals surface area contributed by atoms with Crippen molar-refractivity contribution in [2.24, 2.45) is 5.92 Å². The molecule has 1 fully saturated rings. The molecular weight excluding hydrogens is 296 g/mol. The van der Waals surface area contributed by atoms with Crippen LogP contribution in [-0.2, 0) is 14.3 Å². The summed E-state index contributed by atoms with van der Waals surface area (Å²) in [6.07, 6.45) is 0.239. The fourth-order valence-corrected chi connectivity index (χ4v) is 3.02. The van der Waals surface area contributed by atoms with Crippen molar-refractivity contribution >= 4 is 11.8 Å². The number of hydrogen-bond donors (Lipinski definition) is 1. The molecule has 1 N–H and O–H groups in total. The lowest BCUT2D eigenvalue weighted by atomic mass is 9.92. The third kappa shape index (κ3) is 3.82. The van der Waals surface area contributed by atoms with Gasteiger partial charge in [-0.25, -0.2) is 0 Å². The van der Waals surface area contributed by atoms with Gasteiger partial charge in [-0.1, -0.05) is 12.1 Å². The Hall–Kier alpha value is -2.08. The SMILES string of the molecule is CCN1C(=O)C[C@@H](C(=O)NCCOC)[C@@H]1c1ccc(OC)cc1. The first-order valence-electron chi connectivity index (χ1n) is 7.82. The number of nitrogens with one attached hydrogen (secondary N) is 1. The van der Waals surface area contributed by atoms with Crippen molar-refractivity contribution in [3.8, 4) is 5.75 Å². The Bertz CT molecular complexity index is 544. The average Bonchev–Trinajstić information content (AvgIpc) is 2.91. The van der Waals surface area contributed by atoms with Gasteiger partial charge in [-0.05, 0) is 24.6 Å². The van der Waals surface area contributed by atoms with Crippen LogP contribution in [0.5, 0.6) is 5.75 Å². The van der Waals surface area contributed by atoms with E-state index in [9.17, 15) is 9.59 Å². The number of rotatable bonds is 7. The molecule has 6 nitrogen and oxygen atoms in total. The van der Waals surface area contributed by atoms with Gasteiger partial charge in [-0.3, -0.25) is 9.59 Å². The minimum Gasteiger partial charge on any atom is -0.497 e. The highest BCUT2D eigenvalue weighted by Gasteiger charge is 2.43. The van der Waals surface area contributed by atoms with Crippen molar-refractivity contribution in [1.82, 2.24) is 10.2 Å². The molecule has 0 saturated carbocycles. The predicted octanol–water partition coefficient (Wildman–Crippen LogP) is 1.37. The molecule has 1 saturated heterocycles. The number of benzene rings is 1. The third-order valence-electron chi connectivity index (χ3n) is 4.17. The van der Waals surface area contributed by atoms with E-state index in [4.69, 9.17) is 9.47 Å². The van der Waals surface area contributed by atoms with Gasteiger partial charge in [0.15, 0.2) is 0 Å². The Kier molecular flexibility index (Phi) is 5.98. The second kappa shape index (κ2) is 7.97. The number of carbonyl (C=O) groups excluding carboxylic acids is 2. The minimum absolute atomic E-state index is 0.0141. The molecule has 6 heteroatoms. The molecule has 1 aliphatic heterocycles. The van der Waals surface area contributed by atoms with Gasteiger partial charge >= 0.3 is 0 Å². The number of carbonyl (C=O) groups is 2. The van der Waals surface area contributed by atoms with Crippen molar-refractivity contribution in [2.75, 3.05) is 33.9 Å². The second-order valence-electron chi connectivity index (χ2n) is 5.49. The Labute approximate surface area is 136 Å². The van der Waals surface area contributed by atoms with Crippen molar-refractivity contribution in [1.29, 1.82) is 0 Å². The summed E-state index contributed by atoms with van der Waals surface area (Å²) >= 11 is 0. The minimum atomic E-state index is -0.382. The number of ether oxygens (including phenoxy) is 2. The molecule has 0 unspecified atom stereocenters. The second-order valence-corrected chi connectivity index (χ2v) is 5.49. The van der Waals surface area contributed by atoms with E-state index in [1.165, 1.54) is 0 Å². The van der Waals surface area contributed by atoms with Gasteiger partial charge in [0.05, 0.1) is 25.7 Å². The van der Waals surface area contributed by atoms with Crippen molar-refractivity contribution in [2.45, 2.75) is 19.4 Å². The van der Waals surface area contributed by atoms with Crippen LogP contribution >= 0.6 is 0 Å². The summed E-state index contributed by atoms with van der Waals surface area (Å²) in [5.74, 6) is 0.280. The van der Waals surface area contributed by atoms with Crippen LogP contribution in [-0.4, -0.2) is 50.6 Å². The van der Waals surface area contributed by atoms with Gasteiger partial charge in [0.1, 0.15) is 5.75 Å². The van der Waals surface area contributed by atoms with E-state index in [0.717, 1.165) is 11.3 Å². The lowest BCUT2D eigenvalue weighted by Gasteiger charge is -2.27. The first kappa shape index (κ1) is 17.3. The maximum Gasteiger partial charge on any atom is 0.226 e. The molecule has 0 aliphatic carbocycles. The summed E-state index contributed by atoms with van der Waals surface area (Å²) in [6.45, 7) is 3.41. The van der Waals surface area contributed by atoms with Crippen LogP contribution in [0, 0.1) is 5.92 Å². The number of amides is 2. The molecule has 1 aromatic rings. The molecule has 0 spiro atoms. The fraction of sp³-hybridized carbons (Fsp3) is 0.529. The van der Waals surface area contributed by atoms with E-state index in [1.807, 2.05) is 31.2 Å². The van der Waals surface area contributed by atoms with Crippen LogP contribution in [0.15, 0.2) is 24.3 Å². The number of hydrogen-bond acceptors (Lipinski definition) is 4. The summed E-state index contributed by atoms with van der Waals surface area (Å²) in [5, 5.41) is 2.85. The summed E-state index contributed by atoms with van der Waals surface area (Å²) in [4.78, 5) is 26.5. The van der Waals surface area contributed by atoms with Gasteiger partial charge in [-0.15, -0.1) is 0 Å². The highest BCUT2D eigenvalue weighted by atomic mass is 16.5. The molecule has 1 aromatic carbocycles. The summed E-state index contributed by atoms with van der Waals surface area (Å²) in [5.41, 5.74) is 0.949. The molecule has 2 amide bonds. The molecule has 0 bridgehead atoms. The van der Waals surface area contributed by atoms with Gasteiger partial charge in [0.25, 0.3) is 0 Å². The smallest absolute Gasteiger partial charge is 0.226 e. The van der Waals surface area contributed by atoms with E-state index < -0.39 is 0 Å². The normalized spacial score (nSPS) is 20.7. The lowest BCUT2D eigenvalue weighted by molar-refractivity contribution is -0.129. The molecule has 126 valence electrons. The average molecular weight is 320 g/mol. The maximum absolute atomic E-state index is 12.5. The molecule has 23 heavy (non-hydrogen) atoms. The molecule has 1 heterocycles. The third-order valence-corrected chi connectivity index (χ3v) is 4.17. The molecule has 0 aromatic heterocycles. The highest BCUT2D eigenvalue weighted by molar-refractivity contribution is 5.90. The Morgan fingerprint density at radius 3 is 2.57 bits per heavy atom. The summed E-state index contributed by atoms with van der Waals surface area (Å²) in [6, 6.07) is 7.30. The van der Waals surface area contributed by atoms with Crippen LogP contribution in [0.25, 0.3) is 0 Å². The molecule has 2 rings (SSSR count). The van der Waals surface area contributed by atoms with Crippen LogP contribution < -0.4 is 10.1 Å². The van der Waals surface area contributed by atoms with Crippen LogP contribution in [0.2, 0.25) is 0 Å². The molecule has 2 atom stereocenters. The Balaban J connectivity index is 2.21. The van der Waals surface area contributed by atoms with E-state index in [0.29, 0.717) is 19.7 Å². The lowest BCUT2D eigenvalue weighted by Crippen LogP contribution is -2.36. The largest absolute Gasteiger partial charge is 0.497 e. The number of likely N-dealkylation sites (tertiary alicyclic amines) is 1. The molecular formula is C17H24N2O4. The van der Waals surface area contributed by atoms with Crippen LogP contribution in [0.3, 0.4) is 0 Å². The zero-order valence-corrected chi connectivity index (χ0v) is 13.9. The summed E-state index contributed by atoms with van der Waals surface area (Å²) < 4.78 is 10.1. The first-order chi connectivity index (χ1) is 11.1. The zero-order chi connectivity index (χ0) is 16.8. The van der Waals surface area contributed by atoms with Crippen molar-refractivity contribution in [3.05, 3.63) is 29.8 Å². The maximum atomic E-state index is 12.5. The number of methoxy groups -OCH3 is 2. The number of nitrogens with zero attached hydrogens (tertiary/aromatic N) is 1. The van der Waals surface area contributed by atoms with Gasteiger partial charge in [-0.2, -0.15) is 0 Å². The van der Waals surface area contributed by atoms with E-state index in [2.05, 4.69) is 5.32 Å². The van der Waals surface area contributed by atoms with Crippen molar-refractivity contribution < 1.29 is 19.1 Å². The van der Waals surface area contributed by atoms with Gasteiger partial charge < -0.3 is 19.7 Å². The van der Waals surface area contributed by atoms with Crippen molar-refractivity contribution in [3.63, 3.8) is 0 Å². The van der Waals surface area contributed by atoms with Gasteiger partial charge in [0.2, 0.25) is 11.8 Å². The molecule has 0 radical (unpaired) electrons. The topological polar surface area (TPSA) is 67.9 Å². The van der Waals surface area contributed by atoms with E-state index in [1.54, 1.807) is 19.1 Å². The van der Waals surface area contributed by atoms with E-state index >= 15 is 0 Å². The quantitative estimate of drug-likeness (QED) is 0.771. The molecule has 1 aliphatic rings. The van der Waals surface area contributed by atoms with Crippen LogP contribution in [0.4, 0.5) is 0 Å². The Morgan fingerprint density at radius 1 is 1.30 bits per heavy atom. The fourth-order valence-electron chi connectivity index (χ4n) is 3.02. The van der Waals surface area contributed by atoms with E-state index in [-0.39, 0.29) is 30.2 Å².